The minimum absolute atomic E-state index is 0.270. The third-order valence-corrected chi connectivity index (χ3v) is 2.13. The van der Waals surface area contributed by atoms with Gasteiger partial charge in [-0.05, 0) is 17.7 Å². The van der Waals surface area contributed by atoms with Crippen LogP contribution in [0, 0.1) is 0 Å². The molecule has 1 aromatic carbocycles. The summed E-state index contributed by atoms with van der Waals surface area (Å²) in [6.45, 7) is 0.545. The maximum Gasteiger partial charge on any atom is 0.248 e. The van der Waals surface area contributed by atoms with E-state index in [4.69, 9.17) is 15.9 Å². The van der Waals surface area contributed by atoms with Crippen molar-refractivity contribution < 1.29 is 15.0 Å². The van der Waals surface area contributed by atoms with Crippen molar-refractivity contribution >= 4 is 5.91 Å². The van der Waals surface area contributed by atoms with Gasteiger partial charge >= 0.3 is 0 Å². The number of benzene rings is 1. The molecule has 0 aliphatic heterocycles. The molecule has 1 rings (SSSR count). The fourth-order valence-electron chi connectivity index (χ4n) is 1.28. The molecule has 16 heavy (non-hydrogen) atoms. The largest absolute Gasteiger partial charge is 0.394 e. The summed E-state index contributed by atoms with van der Waals surface area (Å²) in [5.74, 6) is -0.461. The lowest BCUT2D eigenvalue weighted by atomic mass is 10.1. The monoisotopic (exact) mass is 224 g/mol. The van der Waals surface area contributed by atoms with Crippen LogP contribution in [-0.2, 0) is 6.54 Å². The van der Waals surface area contributed by atoms with Crippen LogP contribution in [0.5, 0.6) is 0 Å². The standard InChI is InChI=1S/C11H16N2O3/c12-11(16)9-3-1-2-8(4-9)5-13-6-10(15)7-14/h1-4,10,13-15H,5-7H2,(H2,12,16). The highest BCUT2D eigenvalue weighted by molar-refractivity contribution is 5.92. The van der Waals surface area contributed by atoms with E-state index in [0.717, 1.165) is 5.56 Å². The zero-order valence-electron chi connectivity index (χ0n) is 8.89. The Balaban J connectivity index is 2.48. The Bertz CT molecular complexity index is 355. The summed E-state index contributed by atoms with van der Waals surface area (Å²) in [6, 6.07) is 6.94. The first-order valence-corrected chi connectivity index (χ1v) is 5.02. The molecule has 5 heteroatoms. The number of nitrogens with two attached hydrogens (primary N) is 1. The third-order valence-electron chi connectivity index (χ3n) is 2.13. The van der Waals surface area contributed by atoms with Gasteiger partial charge in [0.25, 0.3) is 0 Å². The summed E-state index contributed by atoms with van der Waals surface area (Å²) >= 11 is 0. The molecule has 0 saturated carbocycles. The molecule has 5 nitrogen and oxygen atoms in total. The number of carbonyl (C=O) groups is 1. The van der Waals surface area contributed by atoms with Gasteiger partial charge in [0.1, 0.15) is 0 Å². The van der Waals surface area contributed by atoms with Gasteiger partial charge in [0, 0.05) is 18.7 Å². The van der Waals surface area contributed by atoms with Gasteiger partial charge in [-0.2, -0.15) is 0 Å². The van der Waals surface area contributed by atoms with Gasteiger partial charge in [-0.15, -0.1) is 0 Å². The lowest BCUT2D eigenvalue weighted by Crippen LogP contribution is -2.29. The summed E-state index contributed by atoms with van der Waals surface area (Å²) in [5, 5.41) is 20.6. The highest BCUT2D eigenvalue weighted by atomic mass is 16.3. The van der Waals surface area contributed by atoms with E-state index in [1.54, 1.807) is 18.2 Å². The minimum atomic E-state index is -0.765. The number of primary amides is 1. The van der Waals surface area contributed by atoms with Crippen molar-refractivity contribution in [2.24, 2.45) is 5.73 Å². The van der Waals surface area contributed by atoms with Gasteiger partial charge in [0.15, 0.2) is 0 Å². The van der Waals surface area contributed by atoms with E-state index >= 15 is 0 Å². The lowest BCUT2D eigenvalue weighted by Gasteiger charge is -2.09. The van der Waals surface area contributed by atoms with E-state index in [9.17, 15) is 4.79 Å². The van der Waals surface area contributed by atoms with Crippen LogP contribution in [-0.4, -0.2) is 35.4 Å². The van der Waals surface area contributed by atoms with Crippen LogP contribution in [0.15, 0.2) is 24.3 Å². The number of amides is 1. The molecule has 0 heterocycles. The predicted molar refractivity (Wildman–Crippen MR) is 59.8 cm³/mol. The summed E-state index contributed by atoms with van der Waals surface area (Å²) in [6.07, 6.45) is -0.765. The average Bonchev–Trinajstić information content (AvgIpc) is 2.29. The maximum absolute atomic E-state index is 10.9. The van der Waals surface area contributed by atoms with Gasteiger partial charge in [-0.25, -0.2) is 0 Å². The van der Waals surface area contributed by atoms with Gasteiger partial charge in [-0.1, -0.05) is 12.1 Å². The maximum atomic E-state index is 10.9. The first-order chi connectivity index (χ1) is 7.63. The zero-order valence-corrected chi connectivity index (χ0v) is 8.89. The van der Waals surface area contributed by atoms with Crippen molar-refractivity contribution in [3.63, 3.8) is 0 Å². The molecular formula is C11H16N2O3. The normalized spacial score (nSPS) is 12.4. The smallest absolute Gasteiger partial charge is 0.248 e. The van der Waals surface area contributed by atoms with Crippen molar-refractivity contribution in [3.8, 4) is 0 Å². The molecule has 1 aromatic rings. The van der Waals surface area contributed by atoms with Crippen LogP contribution in [0.25, 0.3) is 0 Å². The van der Waals surface area contributed by atoms with Crippen molar-refractivity contribution in [1.82, 2.24) is 5.32 Å². The van der Waals surface area contributed by atoms with E-state index < -0.39 is 12.0 Å². The second kappa shape index (κ2) is 6.22. The summed E-state index contributed by atoms with van der Waals surface area (Å²) in [5.41, 5.74) is 6.51. The Labute approximate surface area is 93.9 Å². The number of aliphatic hydroxyl groups is 2. The van der Waals surface area contributed by atoms with Crippen LogP contribution >= 0.6 is 0 Å². The molecule has 5 N–H and O–H groups in total. The molecular weight excluding hydrogens is 208 g/mol. The fraction of sp³-hybridized carbons (Fsp3) is 0.364. The zero-order chi connectivity index (χ0) is 12.0. The number of aliphatic hydroxyl groups excluding tert-OH is 2. The molecule has 0 aromatic heterocycles. The van der Waals surface area contributed by atoms with Crippen molar-refractivity contribution in [2.45, 2.75) is 12.6 Å². The Morgan fingerprint density at radius 1 is 1.50 bits per heavy atom. The Kier molecular flexibility index (Phi) is 4.91. The van der Waals surface area contributed by atoms with E-state index in [2.05, 4.69) is 5.32 Å². The first kappa shape index (κ1) is 12.6. The second-order valence-corrected chi connectivity index (χ2v) is 3.53. The average molecular weight is 224 g/mol. The quantitative estimate of drug-likeness (QED) is 0.510. The fourth-order valence-corrected chi connectivity index (χ4v) is 1.28. The number of hydrogen-bond donors (Lipinski definition) is 4. The van der Waals surface area contributed by atoms with E-state index in [1.807, 2.05) is 6.07 Å². The molecule has 88 valence electrons. The number of hydrogen-bond acceptors (Lipinski definition) is 4. The molecule has 1 amide bonds. The van der Waals surface area contributed by atoms with Gasteiger partial charge in [-0.3, -0.25) is 4.79 Å². The van der Waals surface area contributed by atoms with Crippen LogP contribution in [0.3, 0.4) is 0 Å². The molecule has 0 saturated heterocycles. The highest BCUT2D eigenvalue weighted by Gasteiger charge is 2.03. The Morgan fingerprint density at radius 2 is 2.25 bits per heavy atom. The van der Waals surface area contributed by atoms with Gasteiger partial charge in [0.2, 0.25) is 5.91 Å². The van der Waals surface area contributed by atoms with E-state index in [1.165, 1.54) is 0 Å². The molecule has 0 aliphatic rings. The van der Waals surface area contributed by atoms with Gasteiger partial charge in [0.05, 0.1) is 12.7 Å². The molecule has 0 spiro atoms. The molecule has 0 bridgehead atoms. The van der Waals surface area contributed by atoms with Crippen molar-refractivity contribution in [2.75, 3.05) is 13.2 Å². The van der Waals surface area contributed by atoms with Crippen LogP contribution in [0.2, 0.25) is 0 Å². The number of rotatable bonds is 6. The van der Waals surface area contributed by atoms with Crippen molar-refractivity contribution in [3.05, 3.63) is 35.4 Å². The van der Waals surface area contributed by atoms with E-state index in [-0.39, 0.29) is 6.61 Å². The predicted octanol–water partition coefficient (Wildman–Crippen LogP) is -0.772. The first-order valence-electron chi connectivity index (χ1n) is 5.02. The summed E-state index contributed by atoms with van der Waals surface area (Å²) in [4.78, 5) is 10.9. The number of carbonyl (C=O) groups excluding carboxylic acids is 1. The minimum Gasteiger partial charge on any atom is -0.394 e. The van der Waals surface area contributed by atoms with Gasteiger partial charge < -0.3 is 21.3 Å². The Hall–Kier alpha value is -1.43. The molecule has 1 unspecified atom stereocenters. The molecule has 0 fully saturated rings. The summed E-state index contributed by atoms with van der Waals surface area (Å²) < 4.78 is 0. The van der Waals surface area contributed by atoms with Crippen LogP contribution in [0.4, 0.5) is 0 Å². The number of nitrogens with one attached hydrogen (secondary N) is 1. The van der Waals surface area contributed by atoms with E-state index in [0.29, 0.717) is 18.7 Å². The van der Waals surface area contributed by atoms with Crippen molar-refractivity contribution in [1.29, 1.82) is 0 Å². The van der Waals surface area contributed by atoms with Crippen LogP contribution in [0.1, 0.15) is 15.9 Å². The second-order valence-electron chi connectivity index (χ2n) is 3.53. The Morgan fingerprint density at radius 3 is 2.88 bits per heavy atom. The molecule has 0 aliphatic carbocycles. The lowest BCUT2D eigenvalue weighted by molar-refractivity contribution is 0.0942. The highest BCUT2D eigenvalue weighted by Crippen LogP contribution is 2.04. The summed E-state index contributed by atoms with van der Waals surface area (Å²) in [7, 11) is 0. The third kappa shape index (κ3) is 3.98. The van der Waals surface area contributed by atoms with Crippen LogP contribution < -0.4 is 11.1 Å². The topological polar surface area (TPSA) is 95.6 Å². The SMILES string of the molecule is NC(=O)c1cccc(CNCC(O)CO)c1. The molecule has 1 atom stereocenters. The molecule has 0 radical (unpaired) electrons.